The molecule has 2 rings (SSSR count). The van der Waals surface area contributed by atoms with E-state index in [2.05, 4.69) is 0 Å². The van der Waals surface area contributed by atoms with Crippen LogP contribution >= 0.6 is 0 Å². The first-order valence-corrected chi connectivity index (χ1v) is 5.56. The smallest absolute Gasteiger partial charge is 0.284 e. The second-order valence-electron chi connectivity index (χ2n) is 4.17. The Hall–Kier alpha value is -2.25. The van der Waals surface area contributed by atoms with Gasteiger partial charge in [0.05, 0.1) is 11.1 Å². The summed E-state index contributed by atoms with van der Waals surface area (Å²) in [4.78, 5) is 11.6. The summed E-state index contributed by atoms with van der Waals surface area (Å²) < 4.78 is 75.2. The summed E-state index contributed by atoms with van der Waals surface area (Å²) in [6.45, 7) is 0. The number of hydrogen-bond donors (Lipinski definition) is 0. The maximum absolute atomic E-state index is 12.4. The first-order valence-electron chi connectivity index (χ1n) is 5.56. The zero-order valence-electron chi connectivity index (χ0n) is 10.2. The molecule has 0 N–H and O–H groups in total. The van der Waals surface area contributed by atoms with Crippen molar-refractivity contribution < 1.29 is 26.3 Å². The van der Waals surface area contributed by atoms with E-state index in [1.54, 1.807) is 0 Å². The number of rotatable bonds is 1. The fourth-order valence-corrected chi connectivity index (χ4v) is 1.68. The van der Waals surface area contributed by atoms with Gasteiger partial charge in [-0.1, -0.05) is 0 Å². The molecule has 1 heterocycles. The standard InChI is InChI=1S/C13H7F6NO/c14-12(15,16)8-1-3-10(4-2-8)20-6-5-9(7-11(20)21)13(17,18)19/h1-7H. The Morgan fingerprint density at radius 3 is 1.71 bits per heavy atom. The lowest BCUT2D eigenvalue weighted by molar-refractivity contribution is -0.138. The molecular formula is C13H7F6NO. The molecule has 0 aliphatic heterocycles. The largest absolute Gasteiger partial charge is 0.416 e. The predicted molar refractivity (Wildman–Crippen MR) is 62.0 cm³/mol. The van der Waals surface area contributed by atoms with Crippen molar-refractivity contribution in [2.75, 3.05) is 0 Å². The quantitative estimate of drug-likeness (QED) is 0.733. The van der Waals surface area contributed by atoms with Crippen molar-refractivity contribution in [3.63, 3.8) is 0 Å². The van der Waals surface area contributed by atoms with Crippen LogP contribution < -0.4 is 5.56 Å². The second-order valence-corrected chi connectivity index (χ2v) is 4.17. The van der Waals surface area contributed by atoms with Crippen LogP contribution in [-0.4, -0.2) is 4.57 Å². The topological polar surface area (TPSA) is 22.0 Å². The predicted octanol–water partition coefficient (Wildman–Crippen LogP) is 3.88. The van der Waals surface area contributed by atoms with Crippen LogP contribution in [0, 0.1) is 0 Å². The Kier molecular flexibility index (Phi) is 3.56. The molecule has 2 nitrogen and oxygen atoms in total. The lowest BCUT2D eigenvalue weighted by Crippen LogP contribution is -2.20. The van der Waals surface area contributed by atoms with Crippen LogP contribution in [0.3, 0.4) is 0 Å². The number of halogens is 6. The van der Waals surface area contributed by atoms with Gasteiger partial charge in [0.1, 0.15) is 0 Å². The minimum absolute atomic E-state index is 0.0433. The number of hydrogen-bond acceptors (Lipinski definition) is 1. The number of benzene rings is 1. The Labute approximate surface area is 114 Å². The van der Waals surface area contributed by atoms with E-state index in [-0.39, 0.29) is 5.69 Å². The zero-order chi connectivity index (χ0) is 15.8. The van der Waals surface area contributed by atoms with Gasteiger partial charge < -0.3 is 0 Å². The van der Waals surface area contributed by atoms with Gasteiger partial charge in [-0.3, -0.25) is 9.36 Å². The van der Waals surface area contributed by atoms with Gasteiger partial charge in [0.25, 0.3) is 5.56 Å². The van der Waals surface area contributed by atoms with Gasteiger partial charge in [0.2, 0.25) is 0 Å². The molecule has 112 valence electrons. The minimum atomic E-state index is -4.65. The Morgan fingerprint density at radius 1 is 0.762 bits per heavy atom. The molecule has 1 aromatic carbocycles. The van der Waals surface area contributed by atoms with Crippen LogP contribution in [0.15, 0.2) is 47.4 Å². The molecule has 0 radical (unpaired) electrons. The fourth-order valence-electron chi connectivity index (χ4n) is 1.68. The number of aromatic nitrogens is 1. The molecule has 0 unspecified atom stereocenters. The molecule has 21 heavy (non-hydrogen) atoms. The molecule has 0 fully saturated rings. The van der Waals surface area contributed by atoms with Crippen molar-refractivity contribution >= 4 is 0 Å². The summed E-state index contributed by atoms with van der Waals surface area (Å²) in [7, 11) is 0. The first-order chi connectivity index (χ1) is 9.59. The van der Waals surface area contributed by atoms with Gasteiger partial charge in [-0.2, -0.15) is 26.3 Å². The summed E-state index contributed by atoms with van der Waals surface area (Å²) in [6.07, 6.45) is -8.31. The normalized spacial score (nSPS) is 12.5. The highest BCUT2D eigenvalue weighted by atomic mass is 19.4. The van der Waals surface area contributed by atoms with Crippen molar-refractivity contribution in [1.82, 2.24) is 4.57 Å². The van der Waals surface area contributed by atoms with Gasteiger partial charge in [0.15, 0.2) is 0 Å². The summed E-state index contributed by atoms with van der Waals surface area (Å²) in [6, 6.07) is 4.59. The maximum atomic E-state index is 12.4. The van der Waals surface area contributed by atoms with Crippen LogP contribution in [0.25, 0.3) is 5.69 Å². The van der Waals surface area contributed by atoms with Crippen molar-refractivity contribution in [1.29, 1.82) is 0 Å². The molecule has 0 aliphatic rings. The Bertz CT molecular complexity index is 696. The number of alkyl halides is 6. The van der Waals surface area contributed by atoms with Crippen LogP contribution in [0.4, 0.5) is 26.3 Å². The van der Waals surface area contributed by atoms with E-state index in [1.165, 1.54) is 0 Å². The van der Waals surface area contributed by atoms with Crippen molar-refractivity contribution in [2.24, 2.45) is 0 Å². The van der Waals surface area contributed by atoms with Crippen LogP contribution in [0.1, 0.15) is 11.1 Å². The zero-order valence-corrected chi connectivity index (χ0v) is 10.2. The van der Waals surface area contributed by atoms with Crippen molar-refractivity contribution in [3.05, 3.63) is 64.1 Å². The van der Waals surface area contributed by atoms with Crippen LogP contribution in [0.2, 0.25) is 0 Å². The third-order valence-electron chi connectivity index (χ3n) is 2.72. The highest BCUT2D eigenvalue weighted by molar-refractivity contribution is 5.36. The molecule has 2 aromatic rings. The van der Waals surface area contributed by atoms with Gasteiger partial charge in [0, 0.05) is 18.0 Å². The highest BCUT2D eigenvalue weighted by Gasteiger charge is 2.31. The van der Waals surface area contributed by atoms with E-state index in [0.29, 0.717) is 12.1 Å². The summed E-state index contributed by atoms with van der Waals surface area (Å²) in [5.41, 5.74) is -2.96. The third kappa shape index (κ3) is 3.26. The molecule has 8 heteroatoms. The molecule has 0 bridgehead atoms. The summed E-state index contributed by atoms with van der Waals surface area (Å²) >= 11 is 0. The summed E-state index contributed by atoms with van der Waals surface area (Å²) in [5.74, 6) is 0. The van der Waals surface area contributed by atoms with E-state index in [4.69, 9.17) is 0 Å². The molecule has 1 aromatic heterocycles. The van der Waals surface area contributed by atoms with Gasteiger partial charge in [-0.15, -0.1) is 0 Å². The van der Waals surface area contributed by atoms with Crippen LogP contribution in [-0.2, 0) is 12.4 Å². The summed E-state index contributed by atoms with van der Waals surface area (Å²) in [5, 5.41) is 0. The first kappa shape index (κ1) is 15.1. The average Bonchev–Trinajstić information content (AvgIpc) is 2.36. The van der Waals surface area contributed by atoms with E-state index in [0.717, 1.165) is 35.0 Å². The number of nitrogens with zero attached hydrogens (tertiary/aromatic N) is 1. The highest BCUT2D eigenvalue weighted by Crippen LogP contribution is 2.30. The third-order valence-corrected chi connectivity index (χ3v) is 2.72. The van der Waals surface area contributed by atoms with Gasteiger partial charge in [-0.05, 0) is 30.3 Å². The Balaban J connectivity index is 2.42. The number of pyridine rings is 1. The van der Waals surface area contributed by atoms with E-state index >= 15 is 0 Å². The lowest BCUT2D eigenvalue weighted by atomic mass is 10.2. The van der Waals surface area contributed by atoms with Gasteiger partial charge in [-0.25, -0.2) is 0 Å². The molecule has 0 saturated heterocycles. The molecule has 0 saturated carbocycles. The monoisotopic (exact) mass is 307 g/mol. The molecular weight excluding hydrogens is 300 g/mol. The average molecular weight is 307 g/mol. The Morgan fingerprint density at radius 2 is 1.29 bits per heavy atom. The van der Waals surface area contributed by atoms with Crippen molar-refractivity contribution in [3.8, 4) is 5.69 Å². The van der Waals surface area contributed by atoms with Crippen LogP contribution in [0.5, 0.6) is 0 Å². The van der Waals surface area contributed by atoms with Crippen molar-refractivity contribution in [2.45, 2.75) is 12.4 Å². The van der Waals surface area contributed by atoms with E-state index in [9.17, 15) is 31.1 Å². The van der Waals surface area contributed by atoms with Gasteiger partial charge >= 0.3 is 12.4 Å². The molecule has 0 spiro atoms. The lowest BCUT2D eigenvalue weighted by Gasteiger charge is -2.11. The molecule has 0 amide bonds. The minimum Gasteiger partial charge on any atom is -0.284 e. The molecule has 0 atom stereocenters. The molecule has 0 aliphatic carbocycles. The fraction of sp³-hybridized carbons (Fsp3) is 0.154. The van der Waals surface area contributed by atoms with E-state index < -0.39 is 29.0 Å². The SMILES string of the molecule is O=c1cc(C(F)(F)F)ccn1-c1ccc(C(F)(F)F)cc1. The van der Waals surface area contributed by atoms with E-state index in [1.807, 2.05) is 0 Å². The maximum Gasteiger partial charge on any atom is 0.416 e. The second kappa shape index (κ2) is 4.94.